The molecule has 1 N–H and O–H groups in total. The van der Waals surface area contributed by atoms with Gasteiger partial charge in [0.15, 0.2) is 0 Å². The van der Waals surface area contributed by atoms with E-state index in [4.69, 9.17) is 0 Å². The summed E-state index contributed by atoms with van der Waals surface area (Å²) in [7, 11) is 1.97. The Kier molecular flexibility index (Phi) is 7.33. The molecule has 1 aromatic heterocycles. The Balaban J connectivity index is 0.00000121. The van der Waals surface area contributed by atoms with Crippen molar-refractivity contribution in [2.24, 2.45) is 7.05 Å². The van der Waals surface area contributed by atoms with E-state index in [0.29, 0.717) is 6.04 Å². The number of aryl methyl sites for hydroxylation is 1. The number of nitrogens with one attached hydrogen (secondary N) is 1. The number of hydrogen-bond acceptors (Lipinski definition) is 3. The minimum Gasteiger partial charge on any atom is -0.382 e. The molecule has 0 unspecified atom stereocenters. The zero-order valence-corrected chi connectivity index (χ0v) is 16.6. The number of likely N-dealkylation sites (tertiary alicyclic amines) is 1. The van der Waals surface area contributed by atoms with Crippen LogP contribution in [-0.2, 0) is 13.6 Å². The Morgan fingerprint density at radius 3 is 2.50 bits per heavy atom. The fourth-order valence-electron chi connectivity index (χ4n) is 3.55. The molecule has 0 bridgehead atoms. The van der Waals surface area contributed by atoms with Crippen LogP contribution in [0.25, 0.3) is 10.9 Å². The largest absolute Gasteiger partial charge is 0.382 e. The lowest BCUT2D eigenvalue weighted by atomic mass is 10.0. The van der Waals surface area contributed by atoms with Gasteiger partial charge >= 0.3 is 0 Å². The van der Waals surface area contributed by atoms with E-state index in [2.05, 4.69) is 70.0 Å². The Morgan fingerprint density at radius 1 is 1.04 bits per heavy atom. The number of hydrogen-bond donors (Lipinski definition) is 1. The van der Waals surface area contributed by atoms with Gasteiger partial charge in [0.05, 0.1) is 5.52 Å². The van der Waals surface area contributed by atoms with E-state index in [9.17, 15) is 0 Å². The van der Waals surface area contributed by atoms with Gasteiger partial charge in [-0.25, -0.2) is 0 Å². The lowest BCUT2D eigenvalue weighted by Gasteiger charge is -2.32. The van der Waals surface area contributed by atoms with Crippen LogP contribution < -0.4 is 5.32 Å². The highest BCUT2D eigenvalue weighted by molar-refractivity contribution is 5.85. The summed E-state index contributed by atoms with van der Waals surface area (Å²) in [5, 5.41) is 9.33. The number of benzene rings is 2. The van der Waals surface area contributed by atoms with Gasteiger partial charge in [-0.3, -0.25) is 9.58 Å². The van der Waals surface area contributed by atoms with Crippen LogP contribution in [0.15, 0.2) is 54.7 Å². The second kappa shape index (κ2) is 9.26. The first-order chi connectivity index (χ1) is 11.8. The minimum absolute atomic E-state index is 0. The lowest BCUT2D eigenvalue weighted by molar-refractivity contribution is 0.211. The van der Waals surface area contributed by atoms with Crippen molar-refractivity contribution < 1.29 is 0 Å². The number of anilines is 1. The molecule has 0 aliphatic carbocycles. The third-order valence-electron chi connectivity index (χ3n) is 4.83. The lowest BCUT2D eigenvalue weighted by Crippen LogP contribution is -2.38. The van der Waals surface area contributed by atoms with Crippen molar-refractivity contribution in [2.75, 3.05) is 18.4 Å². The topological polar surface area (TPSA) is 33.1 Å². The molecule has 3 aromatic rings. The van der Waals surface area contributed by atoms with E-state index in [-0.39, 0.29) is 24.8 Å². The molecule has 2 heterocycles. The first-order valence-corrected chi connectivity index (χ1v) is 8.72. The summed E-state index contributed by atoms with van der Waals surface area (Å²) in [4.78, 5) is 2.55. The van der Waals surface area contributed by atoms with Gasteiger partial charge in [0, 0.05) is 50.0 Å². The van der Waals surface area contributed by atoms with Crippen LogP contribution in [-0.4, -0.2) is 33.8 Å². The van der Waals surface area contributed by atoms with E-state index in [0.717, 1.165) is 25.2 Å². The molecule has 2 aromatic carbocycles. The molecule has 4 rings (SSSR count). The molecule has 4 nitrogen and oxygen atoms in total. The van der Waals surface area contributed by atoms with Crippen LogP contribution in [0.4, 0.5) is 5.69 Å². The summed E-state index contributed by atoms with van der Waals surface area (Å²) in [6.45, 7) is 3.37. The quantitative estimate of drug-likeness (QED) is 0.709. The van der Waals surface area contributed by atoms with E-state index >= 15 is 0 Å². The highest BCUT2D eigenvalue weighted by atomic mass is 35.5. The maximum Gasteiger partial charge on any atom is 0.0924 e. The van der Waals surface area contributed by atoms with Crippen LogP contribution >= 0.6 is 24.8 Å². The fourth-order valence-corrected chi connectivity index (χ4v) is 3.55. The summed E-state index contributed by atoms with van der Waals surface area (Å²) in [5.41, 5.74) is 3.67. The molecule has 1 fully saturated rings. The van der Waals surface area contributed by atoms with Gasteiger partial charge < -0.3 is 5.32 Å². The van der Waals surface area contributed by atoms with E-state index < -0.39 is 0 Å². The summed E-state index contributed by atoms with van der Waals surface area (Å²) < 4.78 is 1.87. The van der Waals surface area contributed by atoms with E-state index in [1.807, 2.05) is 11.7 Å². The minimum atomic E-state index is 0. The molecule has 1 aliphatic heterocycles. The number of piperidine rings is 1. The van der Waals surface area contributed by atoms with Crippen LogP contribution in [0.3, 0.4) is 0 Å². The Bertz CT molecular complexity index is 811. The first kappa shape index (κ1) is 20.6. The molecule has 0 amide bonds. The van der Waals surface area contributed by atoms with Crippen molar-refractivity contribution in [2.45, 2.75) is 25.4 Å². The zero-order chi connectivity index (χ0) is 16.4. The van der Waals surface area contributed by atoms with Crippen LogP contribution in [0.5, 0.6) is 0 Å². The molecule has 26 heavy (non-hydrogen) atoms. The Labute approximate surface area is 167 Å². The highest BCUT2D eigenvalue weighted by Crippen LogP contribution is 2.21. The molecule has 0 saturated carbocycles. The molecule has 0 radical (unpaired) electrons. The van der Waals surface area contributed by atoms with E-state index in [1.54, 1.807) is 0 Å². The zero-order valence-electron chi connectivity index (χ0n) is 15.0. The van der Waals surface area contributed by atoms with Crippen molar-refractivity contribution in [1.82, 2.24) is 14.7 Å². The van der Waals surface area contributed by atoms with Crippen molar-refractivity contribution >= 4 is 41.4 Å². The van der Waals surface area contributed by atoms with Gasteiger partial charge in [-0.05, 0) is 36.6 Å². The number of aromatic nitrogens is 2. The maximum atomic E-state index is 4.43. The monoisotopic (exact) mass is 392 g/mol. The third-order valence-corrected chi connectivity index (χ3v) is 4.83. The van der Waals surface area contributed by atoms with Gasteiger partial charge in [0.2, 0.25) is 0 Å². The number of fused-ring (bicyclic) bond motifs is 1. The molecular formula is C20H26Cl2N4. The van der Waals surface area contributed by atoms with Gasteiger partial charge in [-0.15, -0.1) is 24.8 Å². The maximum absolute atomic E-state index is 4.43. The number of rotatable bonds is 4. The van der Waals surface area contributed by atoms with Crippen LogP contribution in [0, 0.1) is 0 Å². The van der Waals surface area contributed by atoms with Gasteiger partial charge in [0.1, 0.15) is 0 Å². The van der Waals surface area contributed by atoms with Crippen molar-refractivity contribution in [3.63, 3.8) is 0 Å². The second-order valence-electron chi connectivity index (χ2n) is 6.76. The average Bonchev–Trinajstić information content (AvgIpc) is 2.97. The highest BCUT2D eigenvalue weighted by Gasteiger charge is 2.19. The molecule has 1 aliphatic rings. The third kappa shape index (κ3) is 4.91. The predicted molar refractivity (Wildman–Crippen MR) is 114 cm³/mol. The standard InChI is InChI=1S/C20H24N4.2ClH/c1-23-15-17-13-19(7-8-20(17)22-23)21-18-9-11-24(12-10-18)14-16-5-3-2-4-6-16;;/h2-8,13,15,18,21H,9-12,14H2,1H3;2*1H. The van der Waals surface area contributed by atoms with Crippen LogP contribution in [0.2, 0.25) is 0 Å². The molecular weight excluding hydrogens is 367 g/mol. The van der Waals surface area contributed by atoms with Crippen molar-refractivity contribution in [1.29, 1.82) is 0 Å². The smallest absolute Gasteiger partial charge is 0.0924 e. The van der Waals surface area contributed by atoms with Crippen LogP contribution in [0.1, 0.15) is 18.4 Å². The molecule has 140 valence electrons. The van der Waals surface area contributed by atoms with Crippen molar-refractivity contribution in [3.8, 4) is 0 Å². The average molecular weight is 393 g/mol. The van der Waals surface area contributed by atoms with Gasteiger partial charge in [-0.2, -0.15) is 5.10 Å². The summed E-state index contributed by atoms with van der Waals surface area (Å²) in [6, 6.07) is 17.8. The summed E-state index contributed by atoms with van der Waals surface area (Å²) >= 11 is 0. The number of nitrogens with zero attached hydrogens (tertiary/aromatic N) is 3. The molecule has 0 spiro atoms. The summed E-state index contributed by atoms with van der Waals surface area (Å²) in [5.74, 6) is 0. The molecule has 1 saturated heterocycles. The Hall–Kier alpha value is -1.75. The van der Waals surface area contributed by atoms with Crippen molar-refractivity contribution in [3.05, 3.63) is 60.3 Å². The van der Waals surface area contributed by atoms with E-state index in [1.165, 1.54) is 29.5 Å². The first-order valence-electron chi connectivity index (χ1n) is 8.72. The van der Waals surface area contributed by atoms with Gasteiger partial charge in [-0.1, -0.05) is 30.3 Å². The number of halogens is 2. The second-order valence-corrected chi connectivity index (χ2v) is 6.76. The molecule has 6 heteroatoms. The Morgan fingerprint density at radius 2 is 1.77 bits per heavy atom. The SMILES string of the molecule is Cl.Cl.Cn1cc2cc(NC3CCN(Cc4ccccc4)CC3)ccc2n1. The predicted octanol–water partition coefficient (Wildman–Crippen LogP) is 4.49. The fraction of sp³-hybridized carbons (Fsp3) is 0.350. The molecule has 0 atom stereocenters. The normalized spacial score (nSPS) is 15.3. The van der Waals surface area contributed by atoms with Gasteiger partial charge in [0.25, 0.3) is 0 Å². The summed E-state index contributed by atoms with van der Waals surface area (Å²) in [6.07, 6.45) is 4.46.